The van der Waals surface area contributed by atoms with Gasteiger partial charge >= 0.3 is 0 Å². The maximum Gasteiger partial charge on any atom is 0.288 e. The second-order valence-electron chi connectivity index (χ2n) is 4.99. The van der Waals surface area contributed by atoms with Crippen LogP contribution in [-0.4, -0.2) is 28.3 Å². The van der Waals surface area contributed by atoms with Gasteiger partial charge in [0.05, 0.1) is 17.7 Å². The van der Waals surface area contributed by atoms with Crippen molar-refractivity contribution >= 4 is 40.8 Å². The molecule has 1 saturated heterocycles. The molecule has 9 heteroatoms. The van der Waals surface area contributed by atoms with Crippen molar-refractivity contribution in [1.82, 2.24) is 5.32 Å². The lowest BCUT2D eigenvalue weighted by Gasteiger charge is -2.06. The molecule has 2 aromatic rings. The molecule has 0 spiro atoms. The first-order chi connectivity index (χ1) is 12.1. The number of amides is 1. The van der Waals surface area contributed by atoms with E-state index < -0.39 is 5.76 Å². The molecular weight excluding hydrogens is 368 g/mol. The molecule has 1 aromatic heterocycles. The number of halogens is 2. The number of thioether (sulfide) groups is 2. The van der Waals surface area contributed by atoms with Gasteiger partial charge in [-0.2, -0.15) is 13.9 Å². The fraction of sp³-hybridized carbons (Fsp3) is 0.188. The van der Waals surface area contributed by atoms with Crippen LogP contribution in [0.3, 0.4) is 0 Å². The van der Waals surface area contributed by atoms with E-state index in [2.05, 4.69) is 15.5 Å². The van der Waals surface area contributed by atoms with Gasteiger partial charge in [-0.25, -0.2) is 0 Å². The van der Waals surface area contributed by atoms with Crippen LogP contribution in [0.5, 0.6) is 0 Å². The van der Waals surface area contributed by atoms with Gasteiger partial charge in [-0.15, -0.1) is 5.10 Å². The van der Waals surface area contributed by atoms with Crippen molar-refractivity contribution in [2.45, 2.75) is 22.3 Å². The second kappa shape index (κ2) is 8.30. The lowest BCUT2D eigenvalue weighted by molar-refractivity contribution is -0.118. The fourth-order valence-electron chi connectivity index (χ4n) is 2.11. The Morgan fingerprint density at radius 2 is 2.12 bits per heavy atom. The van der Waals surface area contributed by atoms with Gasteiger partial charge in [-0.05, 0) is 36.2 Å². The van der Waals surface area contributed by atoms with Gasteiger partial charge in [-0.3, -0.25) is 4.79 Å². The Kier molecular flexibility index (Phi) is 5.87. The van der Waals surface area contributed by atoms with Crippen LogP contribution in [0, 0.1) is 0 Å². The van der Waals surface area contributed by atoms with E-state index in [0.717, 1.165) is 5.56 Å². The lowest BCUT2D eigenvalue weighted by atomic mass is 10.1. The first-order valence-electron chi connectivity index (χ1n) is 7.26. The van der Waals surface area contributed by atoms with Crippen molar-refractivity contribution in [2.24, 2.45) is 10.2 Å². The van der Waals surface area contributed by atoms with E-state index in [1.165, 1.54) is 24.2 Å². The molecule has 0 bridgehead atoms. The maximum absolute atomic E-state index is 12.3. The number of nitrogens with one attached hydrogen (secondary N) is 1. The van der Waals surface area contributed by atoms with E-state index in [1.54, 1.807) is 36.4 Å². The monoisotopic (exact) mass is 381 g/mol. The molecule has 0 aliphatic carbocycles. The quantitative estimate of drug-likeness (QED) is 0.470. The predicted molar refractivity (Wildman–Crippen MR) is 95.3 cm³/mol. The Bertz CT molecular complexity index is 777. The predicted octanol–water partition coefficient (Wildman–Crippen LogP) is 3.76. The number of amidine groups is 1. The fourth-order valence-corrected chi connectivity index (χ4v) is 3.57. The molecule has 1 N–H and O–H groups in total. The minimum atomic E-state index is -2.44. The molecule has 25 heavy (non-hydrogen) atoms. The van der Waals surface area contributed by atoms with Crippen molar-refractivity contribution in [1.29, 1.82) is 0 Å². The molecule has 1 fully saturated rings. The normalized spacial score (nSPS) is 19.2. The summed E-state index contributed by atoms with van der Waals surface area (Å²) in [6.45, 7) is 0. The summed E-state index contributed by atoms with van der Waals surface area (Å²) in [4.78, 5) is 12.5. The van der Waals surface area contributed by atoms with Crippen LogP contribution in [0.1, 0.15) is 11.3 Å². The smallest absolute Gasteiger partial charge is 0.288 e. The highest BCUT2D eigenvalue weighted by Crippen LogP contribution is 2.27. The van der Waals surface area contributed by atoms with Gasteiger partial charge in [0.15, 0.2) is 5.17 Å². The van der Waals surface area contributed by atoms with Gasteiger partial charge < -0.3 is 9.73 Å². The van der Waals surface area contributed by atoms with Crippen LogP contribution < -0.4 is 5.32 Å². The third-order valence-corrected chi connectivity index (χ3v) is 5.02. The number of carbonyl (C=O) groups is 1. The number of hydrogen-bond donors (Lipinski definition) is 1. The lowest BCUT2D eigenvalue weighted by Crippen LogP contribution is -2.25. The van der Waals surface area contributed by atoms with Gasteiger partial charge in [0.25, 0.3) is 5.76 Å². The van der Waals surface area contributed by atoms with E-state index in [9.17, 15) is 13.6 Å². The number of carbonyl (C=O) groups excluding carboxylic acids is 1. The SMILES string of the molecule is O=C1N/C(=N\N=C\c2ccco2)S[C@@H]1Cc1ccc(SC(F)F)cc1. The van der Waals surface area contributed by atoms with Crippen molar-refractivity contribution in [2.75, 3.05) is 0 Å². The summed E-state index contributed by atoms with van der Waals surface area (Å²) in [5, 5.41) is 10.6. The van der Waals surface area contributed by atoms with Gasteiger partial charge in [0.1, 0.15) is 5.76 Å². The van der Waals surface area contributed by atoms with Crippen molar-refractivity contribution in [3.63, 3.8) is 0 Å². The molecule has 0 radical (unpaired) electrons. The number of nitrogens with zero attached hydrogens (tertiary/aromatic N) is 2. The Balaban J connectivity index is 1.57. The number of rotatable bonds is 6. The summed E-state index contributed by atoms with van der Waals surface area (Å²) < 4.78 is 29.7. The number of hydrogen-bond acceptors (Lipinski definition) is 6. The van der Waals surface area contributed by atoms with Crippen LogP contribution in [0.25, 0.3) is 0 Å². The first-order valence-corrected chi connectivity index (χ1v) is 9.02. The molecule has 5 nitrogen and oxygen atoms in total. The Labute approximate surface area is 151 Å². The van der Waals surface area contributed by atoms with Crippen molar-refractivity contribution in [3.8, 4) is 0 Å². The summed E-state index contributed by atoms with van der Waals surface area (Å²) in [6, 6.07) is 10.2. The summed E-state index contributed by atoms with van der Waals surface area (Å²) >= 11 is 1.78. The molecule has 1 amide bonds. The largest absolute Gasteiger partial charge is 0.463 e. The standard InChI is InChI=1S/C16H13F2N3O2S2/c17-15(18)24-12-5-3-10(4-6-12)8-13-14(22)20-16(25-13)21-19-9-11-2-1-7-23-11/h1-7,9,13,15H,8H2,(H,20,21,22)/b19-9+/t13-/m1/s1. The molecule has 130 valence electrons. The molecule has 0 unspecified atom stereocenters. The summed E-state index contributed by atoms with van der Waals surface area (Å²) in [5.74, 6) is -2.03. The summed E-state index contributed by atoms with van der Waals surface area (Å²) in [5.41, 5.74) is 0.895. The summed E-state index contributed by atoms with van der Waals surface area (Å²) in [7, 11) is 0. The third-order valence-electron chi connectivity index (χ3n) is 3.22. The maximum atomic E-state index is 12.3. The Morgan fingerprint density at radius 3 is 2.80 bits per heavy atom. The zero-order valence-corrected chi connectivity index (χ0v) is 14.4. The van der Waals surface area contributed by atoms with E-state index in [0.29, 0.717) is 34.0 Å². The highest BCUT2D eigenvalue weighted by Gasteiger charge is 2.30. The van der Waals surface area contributed by atoms with Crippen LogP contribution in [-0.2, 0) is 11.2 Å². The van der Waals surface area contributed by atoms with Gasteiger partial charge in [-0.1, -0.05) is 35.7 Å². The van der Waals surface area contributed by atoms with E-state index >= 15 is 0 Å². The number of alkyl halides is 2. The Hall–Kier alpha value is -2.13. The summed E-state index contributed by atoms with van der Waals surface area (Å²) in [6.07, 6.45) is 3.46. The van der Waals surface area contributed by atoms with Crippen LogP contribution in [0.2, 0.25) is 0 Å². The Morgan fingerprint density at radius 1 is 1.32 bits per heavy atom. The average molecular weight is 381 g/mol. The third kappa shape index (κ3) is 5.17. The minimum absolute atomic E-state index is 0.150. The van der Waals surface area contributed by atoms with Crippen LogP contribution in [0.15, 0.2) is 62.2 Å². The van der Waals surface area contributed by atoms with Gasteiger partial charge in [0, 0.05) is 4.90 Å². The molecule has 0 saturated carbocycles. The number of furan rings is 1. The van der Waals surface area contributed by atoms with Crippen molar-refractivity contribution in [3.05, 3.63) is 54.0 Å². The van der Waals surface area contributed by atoms with E-state index in [-0.39, 0.29) is 11.2 Å². The highest BCUT2D eigenvalue weighted by atomic mass is 32.2. The average Bonchev–Trinajstić information content (AvgIpc) is 3.19. The van der Waals surface area contributed by atoms with E-state index in [1.807, 2.05) is 0 Å². The van der Waals surface area contributed by atoms with Gasteiger partial charge in [0.2, 0.25) is 5.91 Å². The highest BCUT2D eigenvalue weighted by molar-refractivity contribution is 8.15. The van der Waals surface area contributed by atoms with E-state index in [4.69, 9.17) is 4.42 Å². The van der Waals surface area contributed by atoms with Crippen LogP contribution >= 0.6 is 23.5 Å². The zero-order valence-electron chi connectivity index (χ0n) is 12.8. The molecule has 1 atom stereocenters. The first kappa shape index (κ1) is 17.7. The molecule has 3 rings (SSSR count). The zero-order chi connectivity index (χ0) is 17.6. The molecule has 2 heterocycles. The molecular formula is C16H13F2N3O2S2. The topological polar surface area (TPSA) is 67.0 Å². The van der Waals surface area contributed by atoms with Crippen molar-refractivity contribution < 1.29 is 18.0 Å². The second-order valence-corrected chi connectivity index (χ2v) is 7.24. The molecule has 1 aliphatic rings. The van der Waals surface area contributed by atoms with Crippen LogP contribution in [0.4, 0.5) is 8.78 Å². The number of benzene rings is 1. The molecule has 1 aliphatic heterocycles. The molecule has 1 aromatic carbocycles. The minimum Gasteiger partial charge on any atom is -0.463 e.